The molecule has 2 amide bonds. The summed E-state index contributed by atoms with van der Waals surface area (Å²) in [4.78, 5) is 26.9. The molecular formula is C26H34FN5O3. The maximum atomic E-state index is 13.4. The number of piperidine rings is 1. The Balaban J connectivity index is 1.59. The molecule has 1 aromatic carbocycles. The van der Waals surface area contributed by atoms with Gasteiger partial charge in [0.25, 0.3) is 0 Å². The molecule has 2 N–H and O–H groups in total. The van der Waals surface area contributed by atoms with Crippen LogP contribution in [0.1, 0.15) is 50.4 Å². The lowest BCUT2D eigenvalue weighted by atomic mass is 9.97. The number of alkyl carbamates (subject to hydrolysis) is 1. The summed E-state index contributed by atoms with van der Waals surface area (Å²) in [6.45, 7) is 11.4. The number of amides is 2. The molecule has 0 radical (unpaired) electrons. The standard InChI is InChI=1S/C26H34FN5O3/c1-17-18(2)32(21-8-6-20(27)7-9-21)24(22(17)14-28)30-23(33)16-31-12-10-19(11-13-31)15-29-25(34)35-26(3,4)5/h6-9,19H,10-13,15-16H2,1-5H3,(H,29,34)(H,30,33). The number of hydrogen-bond donors (Lipinski definition) is 2. The van der Waals surface area contributed by atoms with E-state index in [1.807, 2.05) is 34.6 Å². The van der Waals surface area contributed by atoms with E-state index in [9.17, 15) is 19.2 Å². The fourth-order valence-electron chi connectivity index (χ4n) is 4.24. The van der Waals surface area contributed by atoms with Crippen molar-refractivity contribution in [1.29, 1.82) is 5.26 Å². The molecule has 2 heterocycles. The van der Waals surface area contributed by atoms with Crippen molar-refractivity contribution in [3.63, 3.8) is 0 Å². The molecule has 1 aliphatic rings. The molecular weight excluding hydrogens is 449 g/mol. The fourth-order valence-corrected chi connectivity index (χ4v) is 4.24. The summed E-state index contributed by atoms with van der Waals surface area (Å²) in [5.41, 5.74) is 2.11. The van der Waals surface area contributed by atoms with Crippen LogP contribution in [0, 0.1) is 36.9 Å². The van der Waals surface area contributed by atoms with Gasteiger partial charge in [0.2, 0.25) is 5.91 Å². The third-order valence-corrected chi connectivity index (χ3v) is 6.18. The molecule has 2 aromatic rings. The van der Waals surface area contributed by atoms with E-state index in [1.165, 1.54) is 12.1 Å². The average Bonchev–Trinajstić information content (AvgIpc) is 3.01. The zero-order valence-corrected chi connectivity index (χ0v) is 21.1. The van der Waals surface area contributed by atoms with E-state index < -0.39 is 11.7 Å². The maximum Gasteiger partial charge on any atom is 0.407 e. The SMILES string of the molecule is Cc1c(C#N)c(NC(=O)CN2CCC(CNC(=O)OC(C)(C)C)CC2)n(-c2ccc(F)cc2)c1C. The van der Waals surface area contributed by atoms with Crippen LogP contribution in [0.2, 0.25) is 0 Å². The summed E-state index contributed by atoms with van der Waals surface area (Å²) in [6.07, 6.45) is 1.30. The number of carbonyl (C=O) groups is 2. The average molecular weight is 484 g/mol. The highest BCUT2D eigenvalue weighted by Gasteiger charge is 2.25. The van der Waals surface area contributed by atoms with Crippen molar-refractivity contribution in [3.8, 4) is 11.8 Å². The molecule has 1 aliphatic heterocycles. The van der Waals surface area contributed by atoms with Crippen molar-refractivity contribution in [2.45, 2.75) is 53.1 Å². The van der Waals surface area contributed by atoms with Crippen LogP contribution in [0.4, 0.5) is 15.0 Å². The molecule has 3 rings (SSSR count). The van der Waals surface area contributed by atoms with E-state index >= 15 is 0 Å². The van der Waals surface area contributed by atoms with Crippen LogP contribution in [-0.4, -0.2) is 53.2 Å². The normalized spacial score (nSPS) is 14.9. The summed E-state index contributed by atoms with van der Waals surface area (Å²) in [6, 6.07) is 8.13. The third kappa shape index (κ3) is 6.83. The van der Waals surface area contributed by atoms with Crippen LogP contribution in [0.15, 0.2) is 24.3 Å². The van der Waals surface area contributed by atoms with Gasteiger partial charge in [-0.15, -0.1) is 0 Å². The Morgan fingerprint density at radius 2 is 1.80 bits per heavy atom. The Kier molecular flexibility index (Phi) is 8.18. The maximum absolute atomic E-state index is 13.4. The molecule has 0 bridgehead atoms. The molecule has 0 atom stereocenters. The number of likely N-dealkylation sites (tertiary alicyclic amines) is 1. The van der Waals surface area contributed by atoms with Gasteiger partial charge in [0.05, 0.1) is 12.1 Å². The molecule has 9 heteroatoms. The minimum Gasteiger partial charge on any atom is -0.444 e. The number of nitrogens with zero attached hydrogens (tertiary/aromatic N) is 3. The number of benzene rings is 1. The molecule has 1 fully saturated rings. The van der Waals surface area contributed by atoms with Gasteiger partial charge in [-0.3, -0.25) is 14.3 Å². The van der Waals surface area contributed by atoms with Crippen molar-refractivity contribution >= 4 is 17.8 Å². The van der Waals surface area contributed by atoms with E-state index in [0.29, 0.717) is 29.5 Å². The van der Waals surface area contributed by atoms with E-state index in [1.54, 1.807) is 16.7 Å². The van der Waals surface area contributed by atoms with Gasteiger partial charge in [-0.1, -0.05) is 0 Å². The number of aromatic nitrogens is 1. The van der Waals surface area contributed by atoms with E-state index in [-0.39, 0.29) is 18.3 Å². The first-order chi connectivity index (χ1) is 16.5. The number of rotatable bonds is 6. The van der Waals surface area contributed by atoms with Gasteiger partial charge in [0.15, 0.2) is 0 Å². The Hall–Kier alpha value is -3.38. The molecule has 0 spiro atoms. The lowest BCUT2D eigenvalue weighted by molar-refractivity contribution is -0.117. The number of hydrogen-bond acceptors (Lipinski definition) is 5. The smallest absolute Gasteiger partial charge is 0.407 e. The first kappa shape index (κ1) is 26.2. The highest BCUT2D eigenvalue weighted by atomic mass is 19.1. The second-order valence-corrected chi connectivity index (χ2v) is 10.0. The number of anilines is 1. The number of halogens is 1. The van der Waals surface area contributed by atoms with Gasteiger partial charge in [-0.2, -0.15) is 5.26 Å². The van der Waals surface area contributed by atoms with Gasteiger partial charge >= 0.3 is 6.09 Å². The first-order valence-electron chi connectivity index (χ1n) is 11.9. The van der Waals surface area contributed by atoms with E-state index in [4.69, 9.17) is 4.74 Å². The number of carbonyl (C=O) groups excluding carboxylic acids is 2. The Morgan fingerprint density at radius 3 is 2.37 bits per heavy atom. The molecule has 1 aromatic heterocycles. The Labute approximate surface area is 206 Å². The third-order valence-electron chi connectivity index (χ3n) is 6.18. The highest BCUT2D eigenvalue weighted by Crippen LogP contribution is 2.30. The number of nitrogens with one attached hydrogen (secondary N) is 2. The summed E-state index contributed by atoms with van der Waals surface area (Å²) >= 11 is 0. The second kappa shape index (κ2) is 10.9. The molecule has 0 aliphatic carbocycles. The number of nitriles is 1. The minimum absolute atomic E-state index is 0.198. The fraction of sp³-hybridized carbons (Fsp3) is 0.500. The van der Waals surface area contributed by atoms with Gasteiger partial charge in [0.1, 0.15) is 23.3 Å². The summed E-state index contributed by atoms with van der Waals surface area (Å²) < 4.78 is 20.5. The molecule has 0 unspecified atom stereocenters. The van der Waals surface area contributed by atoms with Gasteiger partial charge < -0.3 is 15.4 Å². The predicted octanol–water partition coefficient (Wildman–Crippen LogP) is 4.28. The van der Waals surface area contributed by atoms with E-state index in [2.05, 4.69) is 21.6 Å². The Bertz CT molecular complexity index is 1100. The van der Waals surface area contributed by atoms with Crippen molar-refractivity contribution in [1.82, 2.24) is 14.8 Å². The lowest BCUT2D eigenvalue weighted by Gasteiger charge is -2.31. The molecule has 188 valence electrons. The van der Waals surface area contributed by atoms with Crippen molar-refractivity contribution in [2.24, 2.45) is 5.92 Å². The predicted molar refractivity (Wildman–Crippen MR) is 132 cm³/mol. The van der Waals surface area contributed by atoms with Crippen LogP contribution in [0.25, 0.3) is 5.69 Å². The molecule has 1 saturated heterocycles. The van der Waals surface area contributed by atoms with Crippen LogP contribution in [0.5, 0.6) is 0 Å². The van der Waals surface area contributed by atoms with Crippen LogP contribution < -0.4 is 10.6 Å². The lowest BCUT2D eigenvalue weighted by Crippen LogP contribution is -2.42. The van der Waals surface area contributed by atoms with E-state index in [0.717, 1.165) is 37.2 Å². The summed E-state index contributed by atoms with van der Waals surface area (Å²) in [7, 11) is 0. The monoisotopic (exact) mass is 483 g/mol. The topological polar surface area (TPSA) is 99.4 Å². The zero-order valence-electron chi connectivity index (χ0n) is 21.1. The molecule has 8 nitrogen and oxygen atoms in total. The first-order valence-corrected chi connectivity index (χ1v) is 11.9. The van der Waals surface area contributed by atoms with Crippen LogP contribution in [-0.2, 0) is 9.53 Å². The van der Waals surface area contributed by atoms with Gasteiger partial charge in [-0.25, -0.2) is 9.18 Å². The minimum atomic E-state index is -0.528. The summed E-state index contributed by atoms with van der Waals surface area (Å²) in [5.74, 6) is 0.155. The molecule has 0 saturated carbocycles. The Morgan fingerprint density at radius 1 is 1.17 bits per heavy atom. The van der Waals surface area contributed by atoms with Gasteiger partial charge in [-0.05, 0) is 96.3 Å². The number of ether oxygens (including phenoxy) is 1. The summed E-state index contributed by atoms with van der Waals surface area (Å²) in [5, 5.41) is 15.5. The quantitative estimate of drug-likeness (QED) is 0.639. The zero-order chi connectivity index (χ0) is 25.8. The largest absolute Gasteiger partial charge is 0.444 e. The van der Waals surface area contributed by atoms with Crippen molar-refractivity contribution in [2.75, 3.05) is 31.5 Å². The second-order valence-electron chi connectivity index (χ2n) is 10.0. The molecule has 35 heavy (non-hydrogen) atoms. The highest BCUT2D eigenvalue weighted by molar-refractivity contribution is 5.93. The van der Waals surface area contributed by atoms with Crippen LogP contribution in [0.3, 0.4) is 0 Å². The van der Waals surface area contributed by atoms with Crippen molar-refractivity contribution < 1.29 is 18.7 Å². The van der Waals surface area contributed by atoms with Crippen molar-refractivity contribution in [3.05, 3.63) is 46.9 Å². The van der Waals surface area contributed by atoms with Gasteiger partial charge in [0, 0.05) is 17.9 Å². The van der Waals surface area contributed by atoms with Crippen LogP contribution >= 0.6 is 0 Å².